The molecule has 0 saturated carbocycles. The van der Waals surface area contributed by atoms with E-state index in [9.17, 15) is 9.59 Å². The summed E-state index contributed by atoms with van der Waals surface area (Å²) in [7, 11) is 0. The van der Waals surface area contributed by atoms with E-state index in [1.165, 1.54) is 5.56 Å². The first-order chi connectivity index (χ1) is 11.6. The minimum absolute atomic E-state index is 0.0430. The number of carbonyl (C=O) groups excluding carboxylic acids is 2. The van der Waals surface area contributed by atoms with Crippen LogP contribution >= 0.6 is 11.8 Å². The molecule has 128 valence electrons. The van der Waals surface area contributed by atoms with E-state index in [1.807, 2.05) is 10.9 Å². The van der Waals surface area contributed by atoms with Crippen molar-refractivity contribution in [1.82, 2.24) is 20.4 Å². The van der Waals surface area contributed by atoms with Crippen LogP contribution in [-0.4, -0.2) is 45.7 Å². The quantitative estimate of drug-likeness (QED) is 0.804. The van der Waals surface area contributed by atoms with Crippen molar-refractivity contribution < 1.29 is 9.59 Å². The van der Waals surface area contributed by atoms with Gasteiger partial charge in [0.25, 0.3) is 0 Å². The highest BCUT2D eigenvalue weighted by atomic mass is 32.2. The molecule has 1 aromatic heterocycles. The molecule has 1 saturated heterocycles. The highest BCUT2D eigenvalue weighted by molar-refractivity contribution is 7.99. The van der Waals surface area contributed by atoms with Crippen LogP contribution in [0, 0.1) is 6.92 Å². The summed E-state index contributed by atoms with van der Waals surface area (Å²) in [5.74, 6) is 1.28. The predicted molar refractivity (Wildman–Crippen MR) is 96.0 cm³/mol. The van der Waals surface area contributed by atoms with Crippen LogP contribution in [0.1, 0.15) is 18.4 Å². The lowest BCUT2D eigenvalue weighted by Gasteiger charge is -2.15. The highest BCUT2D eigenvalue weighted by Crippen LogP contribution is 2.15. The number of benzene rings is 1. The Kier molecular flexibility index (Phi) is 5.40. The Labute approximate surface area is 145 Å². The van der Waals surface area contributed by atoms with Crippen molar-refractivity contribution in [3.8, 4) is 0 Å². The Hall–Kier alpha value is -2.02. The van der Waals surface area contributed by atoms with Gasteiger partial charge in [-0.1, -0.05) is 12.1 Å². The number of aromatic nitrogens is 2. The van der Waals surface area contributed by atoms with E-state index < -0.39 is 6.04 Å². The molecule has 2 heterocycles. The molecule has 0 bridgehead atoms. The number of hydrogen-bond donors (Lipinski definition) is 2. The van der Waals surface area contributed by atoms with Crippen LogP contribution < -0.4 is 10.6 Å². The molecule has 2 aromatic rings. The molecule has 1 aliphatic rings. The maximum atomic E-state index is 12.2. The molecule has 1 fully saturated rings. The van der Waals surface area contributed by atoms with Crippen molar-refractivity contribution in [3.63, 3.8) is 0 Å². The molecule has 0 spiro atoms. The fourth-order valence-electron chi connectivity index (χ4n) is 2.74. The summed E-state index contributed by atoms with van der Waals surface area (Å²) in [5.41, 5.74) is 2.33. The largest absolute Gasteiger partial charge is 0.354 e. The van der Waals surface area contributed by atoms with Gasteiger partial charge in [0.2, 0.25) is 11.8 Å². The number of nitrogens with zero attached hydrogens (tertiary/aromatic N) is 2. The number of amides is 2. The van der Waals surface area contributed by atoms with Gasteiger partial charge in [-0.2, -0.15) is 16.9 Å². The predicted octanol–water partition coefficient (Wildman–Crippen LogP) is 1.47. The fraction of sp³-hybridized carbons (Fsp3) is 0.471. The van der Waals surface area contributed by atoms with Crippen LogP contribution in [0.4, 0.5) is 0 Å². The fourth-order valence-corrected chi connectivity index (χ4v) is 3.70. The number of rotatable bonds is 5. The summed E-state index contributed by atoms with van der Waals surface area (Å²) in [6.45, 7) is 3.39. The topological polar surface area (TPSA) is 76.0 Å². The van der Waals surface area contributed by atoms with Crippen LogP contribution in [0.15, 0.2) is 24.4 Å². The lowest BCUT2D eigenvalue weighted by molar-refractivity contribution is -0.128. The second kappa shape index (κ2) is 7.70. The second-order valence-electron chi connectivity index (χ2n) is 6.02. The number of thioether (sulfide) groups is 1. The summed E-state index contributed by atoms with van der Waals surface area (Å²) < 4.78 is 1.97. The zero-order chi connectivity index (χ0) is 16.9. The molecule has 1 aliphatic heterocycles. The Balaban J connectivity index is 1.48. The van der Waals surface area contributed by atoms with Crippen molar-refractivity contribution in [1.29, 1.82) is 0 Å². The Morgan fingerprint density at radius 2 is 2.38 bits per heavy atom. The lowest BCUT2D eigenvalue weighted by Crippen LogP contribution is -2.47. The van der Waals surface area contributed by atoms with Gasteiger partial charge < -0.3 is 10.6 Å². The second-order valence-corrected chi connectivity index (χ2v) is 7.17. The first kappa shape index (κ1) is 16.8. The van der Waals surface area contributed by atoms with Gasteiger partial charge in [0, 0.05) is 36.4 Å². The van der Waals surface area contributed by atoms with Crippen molar-refractivity contribution in [2.75, 3.05) is 18.1 Å². The Morgan fingerprint density at radius 1 is 1.50 bits per heavy atom. The van der Waals surface area contributed by atoms with Crippen molar-refractivity contribution in [2.24, 2.45) is 0 Å². The molecule has 1 aromatic carbocycles. The molecule has 2 amide bonds. The molecule has 0 radical (unpaired) electrons. The molecule has 2 N–H and O–H groups in total. The van der Waals surface area contributed by atoms with Gasteiger partial charge >= 0.3 is 0 Å². The number of nitrogens with one attached hydrogen (secondary N) is 2. The molecule has 7 heteroatoms. The van der Waals surface area contributed by atoms with E-state index in [1.54, 1.807) is 11.8 Å². The third-order valence-electron chi connectivity index (χ3n) is 4.06. The van der Waals surface area contributed by atoms with Crippen molar-refractivity contribution in [3.05, 3.63) is 30.0 Å². The standard InChI is InChI=1S/C17H22N4O2S/c1-12-3-4-13-10-19-21(15(13)9-12)7-2-6-18-17(23)14-11-24-8-5-16(22)20-14/h3-4,9-10,14H,2,5-8,11H2,1H3,(H,18,23)(H,20,22)/t14-/m0/s1. The van der Waals surface area contributed by atoms with Gasteiger partial charge in [-0.15, -0.1) is 0 Å². The maximum Gasteiger partial charge on any atom is 0.243 e. The van der Waals surface area contributed by atoms with Crippen LogP contribution in [0.25, 0.3) is 10.9 Å². The van der Waals surface area contributed by atoms with E-state index in [4.69, 9.17) is 0 Å². The van der Waals surface area contributed by atoms with E-state index in [2.05, 4.69) is 40.9 Å². The van der Waals surface area contributed by atoms with E-state index >= 15 is 0 Å². The van der Waals surface area contributed by atoms with Gasteiger partial charge in [-0.3, -0.25) is 14.3 Å². The van der Waals surface area contributed by atoms with Gasteiger partial charge in [0.1, 0.15) is 6.04 Å². The number of carbonyl (C=O) groups is 2. The summed E-state index contributed by atoms with van der Waals surface area (Å²) in [6.07, 6.45) is 3.15. The van der Waals surface area contributed by atoms with Gasteiger partial charge in [0.05, 0.1) is 11.7 Å². The van der Waals surface area contributed by atoms with Gasteiger partial charge in [0.15, 0.2) is 0 Å². The number of aryl methyl sites for hydroxylation is 2. The van der Waals surface area contributed by atoms with Gasteiger partial charge in [-0.25, -0.2) is 0 Å². The summed E-state index contributed by atoms with van der Waals surface area (Å²) in [5, 5.41) is 11.2. The Bertz CT molecular complexity index is 743. The van der Waals surface area contributed by atoms with Crippen LogP contribution in [0.2, 0.25) is 0 Å². The molecule has 6 nitrogen and oxygen atoms in total. The highest BCUT2D eigenvalue weighted by Gasteiger charge is 2.22. The smallest absolute Gasteiger partial charge is 0.243 e. The first-order valence-electron chi connectivity index (χ1n) is 8.20. The van der Waals surface area contributed by atoms with Crippen molar-refractivity contribution >= 4 is 34.5 Å². The van der Waals surface area contributed by atoms with E-state index in [0.29, 0.717) is 18.7 Å². The lowest BCUT2D eigenvalue weighted by atomic mass is 10.2. The molecule has 1 atom stereocenters. The normalized spacial score (nSPS) is 18.2. The zero-order valence-corrected chi connectivity index (χ0v) is 14.6. The minimum Gasteiger partial charge on any atom is -0.354 e. The van der Waals surface area contributed by atoms with E-state index in [0.717, 1.165) is 29.6 Å². The van der Waals surface area contributed by atoms with Crippen LogP contribution in [0.3, 0.4) is 0 Å². The average molecular weight is 346 g/mol. The van der Waals surface area contributed by atoms with Crippen LogP contribution in [0.5, 0.6) is 0 Å². The molecule has 3 rings (SSSR count). The molecular weight excluding hydrogens is 324 g/mol. The van der Waals surface area contributed by atoms with Gasteiger partial charge in [-0.05, 0) is 25.0 Å². The summed E-state index contributed by atoms with van der Waals surface area (Å²) in [4.78, 5) is 23.7. The molecule has 24 heavy (non-hydrogen) atoms. The number of hydrogen-bond acceptors (Lipinski definition) is 4. The SMILES string of the molecule is Cc1ccc2cnn(CCCNC(=O)[C@@H]3CSCCC(=O)N3)c2c1. The maximum absolute atomic E-state index is 12.2. The third-order valence-corrected chi connectivity index (χ3v) is 5.12. The minimum atomic E-state index is -0.418. The zero-order valence-electron chi connectivity index (χ0n) is 13.7. The number of fused-ring (bicyclic) bond motifs is 1. The third kappa shape index (κ3) is 4.08. The van der Waals surface area contributed by atoms with Crippen molar-refractivity contribution in [2.45, 2.75) is 32.4 Å². The summed E-state index contributed by atoms with van der Waals surface area (Å²) >= 11 is 1.64. The molecule has 0 unspecified atom stereocenters. The molecule has 0 aliphatic carbocycles. The summed E-state index contributed by atoms with van der Waals surface area (Å²) in [6, 6.07) is 5.85. The Morgan fingerprint density at radius 3 is 3.25 bits per heavy atom. The first-order valence-corrected chi connectivity index (χ1v) is 9.36. The monoisotopic (exact) mass is 346 g/mol. The average Bonchev–Trinajstić information content (AvgIpc) is 2.82. The van der Waals surface area contributed by atoms with Crippen LogP contribution in [-0.2, 0) is 16.1 Å². The molecular formula is C17H22N4O2S. The van der Waals surface area contributed by atoms with E-state index in [-0.39, 0.29) is 11.8 Å².